The molecule has 1 unspecified atom stereocenters. The summed E-state index contributed by atoms with van der Waals surface area (Å²) in [6.45, 7) is 13.3. The molecule has 0 radical (unpaired) electrons. The monoisotopic (exact) mass is 373 g/mol. The summed E-state index contributed by atoms with van der Waals surface area (Å²) >= 11 is 0. The molecule has 0 spiro atoms. The van der Waals surface area contributed by atoms with E-state index in [0.29, 0.717) is 44.6 Å². The van der Waals surface area contributed by atoms with Crippen molar-refractivity contribution in [1.82, 2.24) is 15.1 Å². The van der Waals surface area contributed by atoms with Gasteiger partial charge in [0, 0.05) is 38.1 Å². The number of benzene rings is 1. The first-order chi connectivity index (χ1) is 12.7. The molecule has 5 heteroatoms. The summed E-state index contributed by atoms with van der Waals surface area (Å²) in [6.07, 6.45) is 0.965. The van der Waals surface area contributed by atoms with Gasteiger partial charge in [-0.05, 0) is 23.8 Å². The summed E-state index contributed by atoms with van der Waals surface area (Å²) < 4.78 is 0. The molecule has 0 bridgehead atoms. The van der Waals surface area contributed by atoms with Crippen LogP contribution in [0.1, 0.15) is 40.2 Å². The van der Waals surface area contributed by atoms with Gasteiger partial charge in [-0.3, -0.25) is 4.79 Å². The second-order valence-electron chi connectivity index (χ2n) is 8.91. The zero-order valence-corrected chi connectivity index (χ0v) is 17.5. The number of hydrogen-bond acceptors (Lipinski definition) is 2. The lowest BCUT2D eigenvalue weighted by Gasteiger charge is -2.37. The average molecular weight is 374 g/mol. The second-order valence-corrected chi connectivity index (χ2v) is 8.91. The topological polar surface area (TPSA) is 52.7 Å². The molecular weight excluding hydrogens is 338 g/mol. The Hall–Kier alpha value is -2.04. The highest BCUT2D eigenvalue weighted by molar-refractivity contribution is 5.82. The van der Waals surface area contributed by atoms with Gasteiger partial charge in [-0.1, -0.05) is 65.0 Å². The Morgan fingerprint density at radius 3 is 2.07 bits per heavy atom. The van der Waals surface area contributed by atoms with Crippen LogP contribution in [0, 0.1) is 17.3 Å². The first kappa shape index (κ1) is 21.3. The molecule has 5 nitrogen and oxygen atoms in total. The summed E-state index contributed by atoms with van der Waals surface area (Å²) in [5.41, 5.74) is 0.937. The van der Waals surface area contributed by atoms with Crippen LogP contribution in [0.2, 0.25) is 0 Å². The molecule has 0 saturated carbocycles. The predicted octanol–water partition coefficient (Wildman–Crippen LogP) is 3.40. The van der Waals surface area contributed by atoms with Crippen molar-refractivity contribution in [2.75, 3.05) is 32.7 Å². The lowest BCUT2D eigenvalue weighted by molar-refractivity contribution is -0.140. The van der Waals surface area contributed by atoms with E-state index in [1.54, 1.807) is 0 Å². The molecule has 1 aliphatic rings. The molecule has 1 aromatic carbocycles. The van der Waals surface area contributed by atoms with Crippen LogP contribution in [0.25, 0.3) is 0 Å². The number of urea groups is 1. The maximum Gasteiger partial charge on any atom is 0.317 e. The van der Waals surface area contributed by atoms with E-state index >= 15 is 0 Å². The van der Waals surface area contributed by atoms with Crippen molar-refractivity contribution in [3.63, 3.8) is 0 Å². The molecule has 0 aliphatic carbocycles. The molecule has 27 heavy (non-hydrogen) atoms. The summed E-state index contributed by atoms with van der Waals surface area (Å²) in [7, 11) is 0. The van der Waals surface area contributed by atoms with E-state index < -0.39 is 0 Å². The van der Waals surface area contributed by atoms with Crippen LogP contribution in [0.15, 0.2) is 30.3 Å². The Balaban J connectivity index is 1.82. The Kier molecular flexibility index (Phi) is 7.28. The maximum absolute atomic E-state index is 12.6. The van der Waals surface area contributed by atoms with Gasteiger partial charge in [0.25, 0.3) is 0 Å². The fourth-order valence-electron chi connectivity index (χ4n) is 3.38. The number of carbonyl (C=O) groups is 2. The van der Waals surface area contributed by atoms with Crippen molar-refractivity contribution >= 4 is 11.9 Å². The third kappa shape index (κ3) is 6.26. The van der Waals surface area contributed by atoms with Gasteiger partial charge in [-0.25, -0.2) is 4.79 Å². The van der Waals surface area contributed by atoms with E-state index in [1.807, 2.05) is 36.6 Å². The molecular formula is C22H35N3O2. The normalized spacial score (nSPS) is 16.4. The first-order valence-electron chi connectivity index (χ1n) is 10.0. The minimum atomic E-state index is -0.369. The van der Waals surface area contributed by atoms with Gasteiger partial charge in [0.15, 0.2) is 0 Å². The van der Waals surface area contributed by atoms with Gasteiger partial charge in [0.05, 0.1) is 0 Å². The van der Waals surface area contributed by atoms with Crippen molar-refractivity contribution in [3.8, 4) is 0 Å². The Labute approximate surface area is 164 Å². The molecule has 2 rings (SSSR count). The fourth-order valence-corrected chi connectivity index (χ4v) is 3.38. The number of nitrogens with one attached hydrogen (secondary N) is 1. The third-order valence-electron chi connectivity index (χ3n) is 5.29. The number of rotatable bonds is 5. The average Bonchev–Trinajstić information content (AvgIpc) is 2.64. The van der Waals surface area contributed by atoms with Crippen LogP contribution in [-0.2, 0) is 11.2 Å². The predicted molar refractivity (Wildman–Crippen MR) is 109 cm³/mol. The maximum atomic E-state index is 12.6. The smallest absolute Gasteiger partial charge is 0.317 e. The number of hydrogen-bond donors (Lipinski definition) is 1. The third-order valence-corrected chi connectivity index (χ3v) is 5.29. The summed E-state index contributed by atoms with van der Waals surface area (Å²) in [5, 5.41) is 3.11. The number of amides is 3. The first-order valence-corrected chi connectivity index (χ1v) is 10.0. The van der Waals surface area contributed by atoms with Crippen molar-refractivity contribution in [1.29, 1.82) is 0 Å². The van der Waals surface area contributed by atoms with Crippen LogP contribution in [0.3, 0.4) is 0 Å². The van der Waals surface area contributed by atoms with E-state index in [0.717, 1.165) is 6.42 Å². The highest BCUT2D eigenvalue weighted by Gasteiger charge is 2.31. The lowest BCUT2D eigenvalue weighted by Crippen LogP contribution is -2.55. The summed E-state index contributed by atoms with van der Waals surface area (Å²) in [6, 6.07) is 10.4. The summed E-state index contributed by atoms with van der Waals surface area (Å²) in [4.78, 5) is 28.6. The van der Waals surface area contributed by atoms with Crippen molar-refractivity contribution in [2.45, 2.75) is 41.0 Å². The molecule has 150 valence electrons. The zero-order chi connectivity index (χ0) is 20.0. The van der Waals surface area contributed by atoms with Crippen LogP contribution in [0.5, 0.6) is 0 Å². The van der Waals surface area contributed by atoms with Crippen LogP contribution in [0.4, 0.5) is 4.79 Å². The number of carbonyl (C=O) groups excluding carboxylic acids is 2. The van der Waals surface area contributed by atoms with Crippen LogP contribution < -0.4 is 5.32 Å². The number of piperazine rings is 1. The van der Waals surface area contributed by atoms with E-state index in [1.165, 1.54) is 5.56 Å². The molecule has 1 aliphatic heterocycles. The zero-order valence-electron chi connectivity index (χ0n) is 17.5. The minimum absolute atomic E-state index is 0.0171. The Morgan fingerprint density at radius 1 is 1.00 bits per heavy atom. The Bertz CT molecular complexity index is 614. The van der Waals surface area contributed by atoms with E-state index in [4.69, 9.17) is 0 Å². The molecule has 1 heterocycles. The van der Waals surface area contributed by atoms with E-state index in [-0.39, 0.29) is 17.4 Å². The van der Waals surface area contributed by atoms with Gasteiger partial charge < -0.3 is 15.1 Å². The van der Waals surface area contributed by atoms with Gasteiger partial charge in [-0.2, -0.15) is 0 Å². The minimum Gasteiger partial charge on any atom is -0.339 e. The van der Waals surface area contributed by atoms with Crippen molar-refractivity contribution < 1.29 is 9.59 Å². The quantitative estimate of drug-likeness (QED) is 0.860. The highest BCUT2D eigenvalue weighted by Crippen LogP contribution is 2.19. The van der Waals surface area contributed by atoms with Crippen LogP contribution in [-0.4, -0.2) is 54.5 Å². The highest BCUT2D eigenvalue weighted by atomic mass is 16.2. The Morgan fingerprint density at radius 2 is 1.56 bits per heavy atom. The van der Waals surface area contributed by atoms with E-state index in [2.05, 4.69) is 43.4 Å². The summed E-state index contributed by atoms with van der Waals surface area (Å²) in [5.74, 6) is 1.05. The standard InChI is InChI=1S/C22H35N3O2/c1-17(2)19(15-18-9-7-6-8-10-18)16-23-21(27)25-13-11-24(12-14-25)20(26)22(3,4)5/h6-10,17,19H,11-16H2,1-5H3,(H,23,27). The van der Waals surface area contributed by atoms with Gasteiger partial charge in [0.1, 0.15) is 0 Å². The molecule has 3 amide bonds. The molecule has 1 N–H and O–H groups in total. The van der Waals surface area contributed by atoms with Crippen LogP contribution >= 0.6 is 0 Å². The molecule has 1 fully saturated rings. The molecule has 0 aromatic heterocycles. The fraction of sp³-hybridized carbons (Fsp3) is 0.636. The molecule has 1 aromatic rings. The van der Waals surface area contributed by atoms with Gasteiger partial charge >= 0.3 is 6.03 Å². The lowest BCUT2D eigenvalue weighted by atomic mass is 9.89. The molecule has 1 atom stereocenters. The van der Waals surface area contributed by atoms with Gasteiger partial charge in [-0.15, -0.1) is 0 Å². The second kappa shape index (κ2) is 9.25. The van der Waals surface area contributed by atoms with Crippen molar-refractivity contribution in [2.24, 2.45) is 17.3 Å². The largest absolute Gasteiger partial charge is 0.339 e. The number of nitrogens with zero attached hydrogens (tertiary/aromatic N) is 2. The SMILES string of the molecule is CC(C)C(CNC(=O)N1CCN(C(=O)C(C)(C)C)CC1)Cc1ccccc1. The van der Waals surface area contributed by atoms with Crippen molar-refractivity contribution in [3.05, 3.63) is 35.9 Å². The van der Waals surface area contributed by atoms with E-state index in [9.17, 15) is 9.59 Å². The molecule has 1 saturated heterocycles. The van der Waals surface area contributed by atoms with Gasteiger partial charge in [0.2, 0.25) is 5.91 Å².